The van der Waals surface area contributed by atoms with E-state index in [1.165, 1.54) is 0 Å². The van der Waals surface area contributed by atoms with Crippen LogP contribution in [0.4, 0.5) is 0 Å². The number of nitrogens with zero attached hydrogens (tertiary/aromatic N) is 1. The van der Waals surface area contributed by atoms with Crippen molar-refractivity contribution in [2.24, 2.45) is 5.73 Å². The van der Waals surface area contributed by atoms with Gasteiger partial charge in [0.1, 0.15) is 0 Å². The first-order chi connectivity index (χ1) is 11.2. The van der Waals surface area contributed by atoms with Crippen LogP contribution in [0.15, 0.2) is 71.5 Å². The Morgan fingerprint density at radius 1 is 0.957 bits per heavy atom. The van der Waals surface area contributed by atoms with Crippen molar-refractivity contribution in [2.75, 3.05) is 0 Å². The van der Waals surface area contributed by atoms with Crippen molar-refractivity contribution in [3.8, 4) is 11.3 Å². The highest BCUT2D eigenvalue weighted by Crippen LogP contribution is 2.21. The molecule has 0 aliphatic heterocycles. The van der Waals surface area contributed by atoms with Gasteiger partial charge in [0.25, 0.3) is 5.56 Å². The molecule has 3 heteroatoms. The van der Waals surface area contributed by atoms with E-state index in [0.29, 0.717) is 12.1 Å². The number of aromatic nitrogens is 1. The molecule has 0 unspecified atom stereocenters. The largest absolute Gasteiger partial charge is 0.326 e. The van der Waals surface area contributed by atoms with E-state index in [4.69, 9.17) is 5.73 Å². The summed E-state index contributed by atoms with van der Waals surface area (Å²) in [7, 11) is 0. The van der Waals surface area contributed by atoms with E-state index in [-0.39, 0.29) is 12.1 Å². The van der Waals surface area contributed by atoms with E-state index < -0.39 is 0 Å². The van der Waals surface area contributed by atoms with Gasteiger partial charge in [0, 0.05) is 12.1 Å². The minimum atomic E-state index is -0.00444. The molecule has 3 nitrogen and oxygen atoms in total. The molecule has 3 aromatic rings. The first-order valence-corrected chi connectivity index (χ1v) is 7.73. The molecule has 2 aromatic carbocycles. The molecule has 0 amide bonds. The molecule has 0 spiro atoms. The van der Waals surface area contributed by atoms with Crippen molar-refractivity contribution in [2.45, 2.75) is 20.0 Å². The summed E-state index contributed by atoms with van der Waals surface area (Å²) in [5, 5.41) is 0. The van der Waals surface area contributed by atoms with Crippen LogP contribution in [0, 0.1) is 6.92 Å². The van der Waals surface area contributed by atoms with Gasteiger partial charge in [-0.3, -0.25) is 4.79 Å². The van der Waals surface area contributed by atoms with E-state index in [1.807, 2.05) is 72.2 Å². The Kier molecular flexibility index (Phi) is 4.40. The lowest BCUT2D eigenvalue weighted by Gasteiger charge is -2.17. The fourth-order valence-electron chi connectivity index (χ4n) is 2.83. The quantitative estimate of drug-likeness (QED) is 0.803. The van der Waals surface area contributed by atoms with Gasteiger partial charge in [0.2, 0.25) is 0 Å². The summed E-state index contributed by atoms with van der Waals surface area (Å²) in [4.78, 5) is 12.9. The topological polar surface area (TPSA) is 48.0 Å². The van der Waals surface area contributed by atoms with Crippen LogP contribution in [0.3, 0.4) is 0 Å². The molecule has 0 aliphatic carbocycles. The molecule has 2 N–H and O–H groups in total. The highest BCUT2D eigenvalue weighted by Gasteiger charge is 2.13. The third-order valence-electron chi connectivity index (χ3n) is 4.08. The first-order valence-electron chi connectivity index (χ1n) is 7.73. The molecule has 0 saturated carbocycles. The van der Waals surface area contributed by atoms with Crippen LogP contribution in [0.1, 0.15) is 16.7 Å². The Labute approximate surface area is 136 Å². The second-order valence-corrected chi connectivity index (χ2v) is 5.64. The van der Waals surface area contributed by atoms with Crippen molar-refractivity contribution in [3.05, 3.63) is 93.8 Å². The predicted molar refractivity (Wildman–Crippen MR) is 94.3 cm³/mol. The maximum absolute atomic E-state index is 12.9. The van der Waals surface area contributed by atoms with Crippen molar-refractivity contribution in [1.29, 1.82) is 0 Å². The molecule has 23 heavy (non-hydrogen) atoms. The SMILES string of the molecule is Cc1cc(-c2ccccc2)n(Cc2ccccc2)c(=O)c1CN. The Bertz CT molecular complexity index is 852. The Morgan fingerprint density at radius 3 is 2.17 bits per heavy atom. The zero-order chi connectivity index (χ0) is 16.2. The lowest BCUT2D eigenvalue weighted by atomic mass is 10.0. The van der Waals surface area contributed by atoms with Gasteiger partial charge in [0.15, 0.2) is 0 Å². The summed E-state index contributed by atoms with van der Waals surface area (Å²) in [5.41, 5.74) is 10.5. The molecule has 0 aliphatic rings. The number of hydrogen-bond donors (Lipinski definition) is 1. The average molecular weight is 304 g/mol. The first kappa shape index (κ1) is 15.3. The fourth-order valence-corrected chi connectivity index (χ4v) is 2.83. The molecule has 1 heterocycles. The Morgan fingerprint density at radius 2 is 1.57 bits per heavy atom. The van der Waals surface area contributed by atoms with Crippen LogP contribution < -0.4 is 11.3 Å². The van der Waals surface area contributed by atoms with Crippen molar-refractivity contribution < 1.29 is 0 Å². The van der Waals surface area contributed by atoms with Crippen LogP contribution in [-0.4, -0.2) is 4.57 Å². The number of rotatable bonds is 4. The summed E-state index contributed by atoms with van der Waals surface area (Å²) in [6.45, 7) is 2.74. The van der Waals surface area contributed by atoms with Crippen LogP contribution in [0.25, 0.3) is 11.3 Å². The summed E-state index contributed by atoms with van der Waals surface area (Å²) in [5.74, 6) is 0. The van der Waals surface area contributed by atoms with Gasteiger partial charge < -0.3 is 10.3 Å². The maximum Gasteiger partial charge on any atom is 0.256 e. The van der Waals surface area contributed by atoms with Gasteiger partial charge in [-0.25, -0.2) is 0 Å². The summed E-state index contributed by atoms with van der Waals surface area (Å²) < 4.78 is 1.82. The fraction of sp³-hybridized carbons (Fsp3) is 0.150. The molecular formula is C20H20N2O. The lowest BCUT2D eigenvalue weighted by molar-refractivity contribution is 0.748. The van der Waals surface area contributed by atoms with Gasteiger partial charge >= 0.3 is 0 Å². The minimum Gasteiger partial charge on any atom is -0.326 e. The van der Waals surface area contributed by atoms with Gasteiger partial charge in [-0.05, 0) is 29.7 Å². The molecule has 0 atom stereocenters. The second kappa shape index (κ2) is 6.63. The minimum absolute atomic E-state index is 0.00444. The number of hydrogen-bond acceptors (Lipinski definition) is 2. The van der Waals surface area contributed by atoms with Crippen LogP contribution >= 0.6 is 0 Å². The van der Waals surface area contributed by atoms with E-state index in [0.717, 1.165) is 22.4 Å². The lowest BCUT2D eigenvalue weighted by Crippen LogP contribution is -2.28. The number of aryl methyl sites for hydroxylation is 1. The van der Waals surface area contributed by atoms with Crippen LogP contribution in [0.5, 0.6) is 0 Å². The maximum atomic E-state index is 12.9. The highest BCUT2D eigenvalue weighted by molar-refractivity contribution is 5.61. The molecule has 1 aromatic heterocycles. The van der Waals surface area contributed by atoms with Crippen LogP contribution in [-0.2, 0) is 13.1 Å². The molecule has 0 fully saturated rings. The third-order valence-corrected chi connectivity index (χ3v) is 4.08. The second-order valence-electron chi connectivity index (χ2n) is 5.64. The van der Waals surface area contributed by atoms with Crippen molar-refractivity contribution in [3.63, 3.8) is 0 Å². The van der Waals surface area contributed by atoms with E-state index in [1.54, 1.807) is 0 Å². The molecule has 0 bridgehead atoms. The number of benzene rings is 2. The van der Waals surface area contributed by atoms with E-state index in [2.05, 4.69) is 6.07 Å². The summed E-state index contributed by atoms with van der Waals surface area (Å²) >= 11 is 0. The third kappa shape index (κ3) is 3.10. The highest BCUT2D eigenvalue weighted by atomic mass is 16.1. The molecule has 0 saturated heterocycles. The van der Waals surface area contributed by atoms with Crippen molar-refractivity contribution >= 4 is 0 Å². The smallest absolute Gasteiger partial charge is 0.256 e. The van der Waals surface area contributed by atoms with Gasteiger partial charge in [0.05, 0.1) is 12.2 Å². The molecule has 116 valence electrons. The monoisotopic (exact) mass is 304 g/mol. The zero-order valence-corrected chi connectivity index (χ0v) is 13.2. The number of pyridine rings is 1. The average Bonchev–Trinajstić information content (AvgIpc) is 2.59. The standard InChI is InChI=1S/C20H20N2O/c1-15-12-19(17-10-6-3-7-11-17)22(20(23)18(15)13-21)14-16-8-4-2-5-9-16/h2-12H,13-14,21H2,1H3. The van der Waals surface area contributed by atoms with Crippen molar-refractivity contribution in [1.82, 2.24) is 4.57 Å². The van der Waals surface area contributed by atoms with Gasteiger partial charge in [-0.1, -0.05) is 60.7 Å². The number of nitrogens with two attached hydrogens (primary N) is 1. The molecular weight excluding hydrogens is 284 g/mol. The Balaban J connectivity index is 2.20. The summed E-state index contributed by atoms with van der Waals surface area (Å²) in [6.07, 6.45) is 0. The normalized spacial score (nSPS) is 10.7. The van der Waals surface area contributed by atoms with E-state index >= 15 is 0 Å². The predicted octanol–water partition coefficient (Wildman–Crippen LogP) is 3.33. The summed E-state index contributed by atoms with van der Waals surface area (Å²) in [6, 6.07) is 22.1. The van der Waals surface area contributed by atoms with Crippen LogP contribution in [0.2, 0.25) is 0 Å². The molecule has 3 rings (SSSR count). The molecule has 0 radical (unpaired) electrons. The zero-order valence-electron chi connectivity index (χ0n) is 13.2. The van der Waals surface area contributed by atoms with Gasteiger partial charge in [-0.2, -0.15) is 0 Å². The Hall–Kier alpha value is -2.65. The van der Waals surface area contributed by atoms with Gasteiger partial charge in [-0.15, -0.1) is 0 Å². The van der Waals surface area contributed by atoms with E-state index in [9.17, 15) is 4.79 Å².